The maximum Gasteiger partial charge on any atom is 0.315 e. The van der Waals surface area contributed by atoms with E-state index in [-0.39, 0.29) is 29.3 Å². The van der Waals surface area contributed by atoms with Crippen molar-refractivity contribution in [3.63, 3.8) is 0 Å². The molecule has 2 heterocycles. The van der Waals surface area contributed by atoms with Crippen LogP contribution in [-0.4, -0.2) is 28.0 Å². The molecule has 0 spiro atoms. The molecule has 5 heteroatoms. The van der Waals surface area contributed by atoms with Crippen LogP contribution < -0.4 is 0 Å². The van der Waals surface area contributed by atoms with Crippen LogP contribution in [0.3, 0.4) is 0 Å². The van der Waals surface area contributed by atoms with Gasteiger partial charge in [-0.2, -0.15) is 0 Å². The fraction of sp³-hybridized carbons (Fsp3) is 0.250. The van der Waals surface area contributed by atoms with E-state index in [1.807, 2.05) is 54.6 Å². The zero-order valence-electron chi connectivity index (χ0n) is 16.2. The first kappa shape index (κ1) is 19.2. The fourth-order valence-corrected chi connectivity index (χ4v) is 4.49. The van der Waals surface area contributed by atoms with E-state index in [9.17, 15) is 9.59 Å². The average molecular weight is 390 g/mol. The third-order valence-electron chi connectivity index (χ3n) is 5.81. The van der Waals surface area contributed by atoms with Crippen molar-refractivity contribution in [2.75, 3.05) is 6.54 Å². The summed E-state index contributed by atoms with van der Waals surface area (Å²) in [6, 6.07) is 21.8. The third-order valence-corrected chi connectivity index (χ3v) is 5.81. The topological polar surface area (TPSA) is 67.5 Å². The second kappa shape index (κ2) is 8.05. The lowest BCUT2D eigenvalue weighted by Crippen LogP contribution is -2.57. The lowest BCUT2D eigenvalue weighted by molar-refractivity contribution is -0.896. The van der Waals surface area contributed by atoms with Crippen LogP contribution in [0.25, 0.3) is 0 Å². The number of fused-ring (bicyclic) bond motifs is 1. The maximum atomic E-state index is 13.6. The number of amides is 1. The van der Waals surface area contributed by atoms with Gasteiger partial charge in [0.25, 0.3) is 0 Å². The highest BCUT2D eigenvalue weighted by atomic mass is 16.4. The van der Waals surface area contributed by atoms with Crippen molar-refractivity contribution in [1.82, 2.24) is 0 Å². The Morgan fingerprint density at radius 3 is 2.45 bits per heavy atom. The molecule has 1 aromatic heterocycles. The largest absolute Gasteiger partial charge is 0.481 e. The van der Waals surface area contributed by atoms with Gasteiger partial charge in [-0.1, -0.05) is 54.6 Å². The van der Waals surface area contributed by atoms with E-state index in [1.54, 1.807) is 6.26 Å². The molecule has 2 unspecified atom stereocenters. The van der Waals surface area contributed by atoms with E-state index in [4.69, 9.17) is 9.52 Å². The summed E-state index contributed by atoms with van der Waals surface area (Å²) in [4.78, 5) is 24.8. The molecule has 29 heavy (non-hydrogen) atoms. The highest BCUT2D eigenvalue weighted by Crippen LogP contribution is 2.43. The quantitative estimate of drug-likeness (QED) is 0.636. The van der Waals surface area contributed by atoms with E-state index >= 15 is 0 Å². The minimum atomic E-state index is -0.955. The fourth-order valence-electron chi connectivity index (χ4n) is 4.49. The molecule has 0 saturated heterocycles. The number of carboxylic acids is 1. The number of aliphatic carboxylic acids is 1. The Kier molecular flexibility index (Phi) is 5.32. The molecule has 0 fully saturated rings. The van der Waals surface area contributed by atoms with Gasteiger partial charge in [0.2, 0.25) is 0 Å². The number of rotatable bonds is 6. The molecule has 0 saturated carbocycles. The molecule has 3 aromatic rings. The van der Waals surface area contributed by atoms with Crippen molar-refractivity contribution >= 4 is 11.9 Å². The van der Waals surface area contributed by atoms with Gasteiger partial charge >= 0.3 is 11.9 Å². The minimum Gasteiger partial charge on any atom is -0.481 e. The number of quaternary nitrogens is 1. The van der Waals surface area contributed by atoms with Crippen molar-refractivity contribution in [1.29, 1.82) is 0 Å². The summed E-state index contributed by atoms with van der Waals surface area (Å²) in [6.07, 6.45) is 2.21. The summed E-state index contributed by atoms with van der Waals surface area (Å²) < 4.78 is 5.77. The van der Waals surface area contributed by atoms with Gasteiger partial charge < -0.3 is 9.52 Å². The van der Waals surface area contributed by atoms with Crippen LogP contribution in [0, 0.1) is 0 Å². The van der Waals surface area contributed by atoms with Gasteiger partial charge in [0.15, 0.2) is 5.76 Å². The Balaban J connectivity index is 1.86. The van der Waals surface area contributed by atoms with Crippen LogP contribution in [0.4, 0.5) is 0 Å². The van der Waals surface area contributed by atoms with Crippen molar-refractivity contribution in [2.24, 2.45) is 0 Å². The van der Waals surface area contributed by atoms with E-state index < -0.39 is 5.97 Å². The molecule has 0 bridgehead atoms. The molecule has 0 radical (unpaired) electrons. The summed E-state index contributed by atoms with van der Waals surface area (Å²) in [5.74, 6) is -0.288. The van der Waals surface area contributed by atoms with Crippen molar-refractivity contribution < 1.29 is 23.6 Å². The van der Waals surface area contributed by atoms with Crippen molar-refractivity contribution in [2.45, 2.75) is 31.8 Å². The second-order valence-electron chi connectivity index (χ2n) is 7.54. The highest BCUT2D eigenvalue weighted by Gasteiger charge is 2.49. The standard InChI is InChI=1S/C24H23NO4/c26-22(12-13-23(27)28)25(17-20-10-6-16-29-20)15-14-18-7-4-5-11-21(18)24(25)19-8-2-1-3-9-19/h1-11,16,24H,12-15,17H2/p+1. The molecule has 0 aliphatic carbocycles. The van der Waals surface area contributed by atoms with Crippen molar-refractivity contribution in [3.05, 3.63) is 95.4 Å². The number of nitrogens with zero attached hydrogens (tertiary/aromatic N) is 1. The number of furan rings is 1. The van der Waals surface area contributed by atoms with Crippen LogP contribution in [0.2, 0.25) is 0 Å². The van der Waals surface area contributed by atoms with Gasteiger partial charge in [0, 0.05) is 17.5 Å². The summed E-state index contributed by atoms with van der Waals surface area (Å²) in [7, 11) is 0. The predicted molar refractivity (Wildman–Crippen MR) is 108 cm³/mol. The molecular weight excluding hydrogens is 366 g/mol. The molecule has 2 aromatic carbocycles. The van der Waals surface area contributed by atoms with Gasteiger partial charge in [-0.3, -0.25) is 4.79 Å². The van der Waals surface area contributed by atoms with E-state index in [0.29, 0.717) is 13.1 Å². The molecule has 1 N–H and O–H groups in total. The monoisotopic (exact) mass is 390 g/mol. The predicted octanol–water partition coefficient (Wildman–Crippen LogP) is 4.33. The van der Waals surface area contributed by atoms with Gasteiger partial charge in [-0.05, 0) is 17.7 Å². The van der Waals surface area contributed by atoms with E-state index in [1.165, 1.54) is 5.56 Å². The first-order chi connectivity index (χ1) is 14.1. The molecule has 1 aliphatic heterocycles. The first-order valence-electron chi connectivity index (χ1n) is 9.87. The van der Waals surface area contributed by atoms with Crippen LogP contribution in [0.15, 0.2) is 77.4 Å². The number of benzene rings is 2. The summed E-state index contributed by atoms with van der Waals surface area (Å²) >= 11 is 0. The van der Waals surface area contributed by atoms with Crippen LogP contribution in [0.1, 0.15) is 41.3 Å². The maximum absolute atomic E-state index is 13.6. The Bertz CT molecular complexity index is 997. The molecule has 148 valence electrons. The Morgan fingerprint density at radius 1 is 0.966 bits per heavy atom. The number of carbonyl (C=O) groups is 2. The van der Waals surface area contributed by atoms with Gasteiger partial charge in [0.1, 0.15) is 12.6 Å². The third kappa shape index (κ3) is 3.74. The lowest BCUT2D eigenvalue weighted by Gasteiger charge is -2.46. The lowest BCUT2D eigenvalue weighted by atomic mass is 9.85. The normalized spacial score (nSPS) is 20.8. The number of hydrogen-bond donors (Lipinski definition) is 1. The summed E-state index contributed by atoms with van der Waals surface area (Å²) in [6.45, 7) is 1.01. The molecule has 1 amide bonds. The minimum absolute atomic E-state index is 0.00153. The zero-order valence-corrected chi connectivity index (χ0v) is 16.2. The molecule has 1 aliphatic rings. The van der Waals surface area contributed by atoms with E-state index in [0.717, 1.165) is 23.3 Å². The molecular formula is C24H24NO4+. The molecule has 4 rings (SSSR count). The van der Waals surface area contributed by atoms with Gasteiger partial charge in [-0.15, -0.1) is 0 Å². The summed E-state index contributed by atoms with van der Waals surface area (Å²) in [5.41, 5.74) is 3.41. The SMILES string of the molecule is O=C(O)CCC(=O)[N+]1(Cc2ccco2)CCc2ccccc2C1c1ccccc1. The Labute approximate surface area is 169 Å². The number of carbonyl (C=O) groups excluding carboxylic acids is 1. The van der Waals surface area contributed by atoms with Gasteiger partial charge in [0.05, 0.1) is 25.6 Å². The zero-order chi connectivity index (χ0) is 20.3. The van der Waals surface area contributed by atoms with Gasteiger partial charge in [-0.25, -0.2) is 9.28 Å². The van der Waals surface area contributed by atoms with Crippen LogP contribution in [-0.2, 0) is 22.6 Å². The van der Waals surface area contributed by atoms with E-state index in [2.05, 4.69) is 12.1 Å². The summed E-state index contributed by atoms with van der Waals surface area (Å²) in [5, 5.41) is 9.16. The van der Waals surface area contributed by atoms with Crippen LogP contribution in [0.5, 0.6) is 0 Å². The number of hydrogen-bond acceptors (Lipinski definition) is 3. The van der Waals surface area contributed by atoms with Crippen molar-refractivity contribution in [3.8, 4) is 0 Å². The molecule has 2 atom stereocenters. The Morgan fingerprint density at radius 2 is 1.72 bits per heavy atom. The highest BCUT2D eigenvalue weighted by molar-refractivity contribution is 5.77. The first-order valence-corrected chi connectivity index (χ1v) is 9.87. The number of carboxylic acid groups (broad SMARTS) is 1. The van der Waals surface area contributed by atoms with Crippen LogP contribution >= 0.6 is 0 Å². The average Bonchev–Trinajstić information content (AvgIpc) is 3.25. The smallest absolute Gasteiger partial charge is 0.315 e. The Hall–Kier alpha value is -3.18. The second-order valence-corrected chi connectivity index (χ2v) is 7.54. The molecule has 5 nitrogen and oxygen atoms in total.